The van der Waals surface area contributed by atoms with Crippen molar-refractivity contribution in [1.82, 2.24) is 9.97 Å². The van der Waals surface area contributed by atoms with Crippen molar-refractivity contribution in [3.8, 4) is 0 Å². The van der Waals surface area contributed by atoms with Crippen molar-refractivity contribution < 1.29 is 4.79 Å². The average Bonchev–Trinajstić information content (AvgIpc) is 2.86. The van der Waals surface area contributed by atoms with Gasteiger partial charge in [-0.15, -0.1) is 0 Å². The van der Waals surface area contributed by atoms with E-state index >= 15 is 0 Å². The van der Waals surface area contributed by atoms with Gasteiger partial charge in [-0.25, -0.2) is 9.97 Å². The second-order valence-corrected chi connectivity index (χ2v) is 6.87. The second-order valence-electron chi connectivity index (χ2n) is 6.87. The van der Waals surface area contributed by atoms with Gasteiger partial charge in [0.25, 0.3) is 5.91 Å². The molecule has 5 nitrogen and oxygen atoms in total. The lowest BCUT2D eigenvalue weighted by atomic mass is 10.1. The normalized spacial score (nSPS) is 15.4. The number of benzene rings is 1. The Morgan fingerprint density at radius 3 is 2.56 bits per heavy atom. The standard InChI is InChI=1S/C20H26N4O/c1-14-9-10-17(15(2)13-14)23-19(25)18-11-12-21-20(24-18)22-16-7-5-3-4-6-8-16/h9-13,16H,3-8H2,1-2H3,(H,23,25)(H,21,22,24). The molecule has 25 heavy (non-hydrogen) atoms. The van der Waals surface area contributed by atoms with E-state index in [-0.39, 0.29) is 5.91 Å². The number of amides is 1. The molecule has 1 fully saturated rings. The summed E-state index contributed by atoms with van der Waals surface area (Å²) in [6.45, 7) is 4.02. The molecule has 1 aliphatic carbocycles. The van der Waals surface area contributed by atoms with Gasteiger partial charge in [0.2, 0.25) is 5.95 Å². The number of carbonyl (C=O) groups is 1. The summed E-state index contributed by atoms with van der Waals surface area (Å²) in [6, 6.07) is 8.02. The van der Waals surface area contributed by atoms with Gasteiger partial charge in [-0.2, -0.15) is 0 Å². The minimum absolute atomic E-state index is 0.210. The Balaban J connectivity index is 1.68. The molecule has 0 spiro atoms. The van der Waals surface area contributed by atoms with Crippen LogP contribution in [0.3, 0.4) is 0 Å². The summed E-state index contributed by atoms with van der Waals surface area (Å²) in [5.41, 5.74) is 3.41. The zero-order valence-electron chi connectivity index (χ0n) is 15.0. The molecule has 1 aliphatic rings. The van der Waals surface area contributed by atoms with Crippen molar-refractivity contribution >= 4 is 17.5 Å². The topological polar surface area (TPSA) is 66.9 Å². The predicted octanol–water partition coefficient (Wildman–Crippen LogP) is 4.48. The van der Waals surface area contributed by atoms with Gasteiger partial charge < -0.3 is 10.6 Å². The first-order chi connectivity index (χ1) is 12.1. The van der Waals surface area contributed by atoms with Gasteiger partial charge in [-0.3, -0.25) is 4.79 Å². The Bertz CT molecular complexity index is 736. The summed E-state index contributed by atoms with van der Waals surface area (Å²) < 4.78 is 0. The summed E-state index contributed by atoms with van der Waals surface area (Å²) in [5, 5.41) is 6.33. The summed E-state index contributed by atoms with van der Waals surface area (Å²) >= 11 is 0. The lowest BCUT2D eigenvalue weighted by molar-refractivity contribution is 0.102. The number of hydrogen-bond acceptors (Lipinski definition) is 4. The van der Waals surface area contributed by atoms with E-state index in [2.05, 4.69) is 26.7 Å². The molecule has 5 heteroatoms. The van der Waals surface area contributed by atoms with Crippen LogP contribution in [0.5, 0.6) is 0 Å². The van der Waals surface area contributed by atoms with E-state index in [1.807, 2.05) is 26.0 Å². The summed E-state index contributed by atoms with van der Waals surface area (Å²) in [7, 11) is 0. The minimum Gasteiger partial charge on any atom is -0.351 e. The van der Waals surface area contributed by atoms with Crippen molar-refractivity contribution in [1.29, 1.82) is 0 Å². The van der Waals surface area contributed by atoms with Gasteiger partial charge >= 0.3 is 0 Å². The fraction of sp³-hybridized carbons (Fsp3) is 0.450. The summed E-state index contributed by atoms with van der Waals surface area (Å²) in [6.07, 6.45) is 9.01. The number of carbonyl (C=O) groups excluding carboxylic acids is 1. The predicted molar refractivity (Wildman–Crippen MR) is 101 cm³/mol. The van der Waals surface area contributed by atoms with E-state index < -0.39 is 0 Å². The number of aryl methyl sites for hydroxylation is 2. The Morgan fingerprint density at radius 2 is 1.84 bits per heavy atom. The van der Waals surface area contributed by atoms with E-state index in [1.165, 1.54) is 31.2 Å². The number of anilines is 2. The fourth-order valence-electron chi connectivity index (χ4n) is 3.30. The third-order valence-corrected chi connectivity index (χ3v) is 4.71. The Labute approximate surface area is 149 Å². The molecule has 0 bridgehead atoms. The summed E-state index contributed by atoms with van der Waals surface area (Å²) in [4.78, 5) is 21.2. The maximum atomic E-state index is 12.5. The van der Waals surface area contributed by atoms with Crippen LogP contribution >= 0.6 is 0 Å². The van der Waals surface area contributed by atoms with Gasteiger partial charge in [0.1, 0.15) is 5.69 Å². The molecule has 1 aromatic heterocycles. The van der Waals surface area contributed by atoms with E-state index in [1.54, 1.807) is 12.3 Å². The SMILES string of the molecule is Cc1ccc(NC(=O)c2ccnc(NC3CCCCCC3)n2)c(C)c1. The number of nitrogens with one attached hydrogen (secondary N) is 2. The summed E-state index contributed by atoms with van der Waals surface area (Å²) in [5.74, 6) is 0.332. The third kappa shape index (κ3) is 4.78. The highest BCUT2D eigenvalue weighted by Crippen LogP contribution is 2.20. The first-order valence-corrected chi connectivity index (χ1v) is 9.10. The highest BCUT2D eigenvalue weighted by molar-refractivity contribution is 6.03. The van der Waals surface area contributed by atoms with Gasteiger partial charge in [0.15, 0.2) is 0 Å². The maximum Gasteiger partial charge on any atom is 0.274 e. The zero-order chi connectivity index (χ0) is 17.6. The number of aromatic nitrogens is 2. The lowest BCUT2D eigenvalue weighted by Gasteiger charge is -2.16. The molecule has 2 aromatic rings. The molecule has 3 rings (SSSR count). The molecular formula is C20H26N4O. The molecule has 0 unspecified atom stereocenters. The van der Waals surface area contributed by atoms with Gasteiger partial charge in [-0.05, 0) is 44.4 Å². The van der Waals surface area contributed by atoms with Gasteiger partial charge in [0.05, 0.1) is 0 Å². The van der Waals surface area contributed by atoms with Gasteiger partial charge in [0, 0.05) is 17.9 Å². The van der Waals surface area contributed by atoms with E-state index in [9.17, 15) is 4.79 Å². The third-order valence-electron chi connectivity index (χ3n) is 4.71. The highest BCUT2D eigenvalue weighted by Gasteiger charge is 2.15. The molecule has 0 saturated heterocycles. The smallest absolute Gasteiger partial charge is 0.274 e. The monoisotopic (exact) mass is 338 g/mol. The van der Waals surface area contributed by atoms with Crippen molar-refractivity contribution in [2.24, 2.45) is 0 Å². The molecule has 1 saturated carbocycles. The van der Waals surface area contributed by atoms with Crippen molar-refractivity contribution in [2.75, 3.05) is 10.6 Å². The fourth-order valence-corrected chi connectivity index (χ4v) is 3.30. The molecule has 1 heterocycles. The Kier molecular flexibility index (Phi) is 5.64. The minimum atomic E-state index is -0.210. The largest absolute Gasteiger partial charge is 0.351 e. The van der Waals surface area contributed by atoms with Crippen LogP contribution in [0.2, 0.25) is 0 Å². The molecule has 0 atom stereocenters. The average molecular weight is 338 g/mol. The first-order valence-electron chi connectivity index (χ1n) is 9.10. The second kappa shape index (κ2) is 8.10. The first kappa shape index (κ1) is 17.4. The molecule has 1 aromatic carbocycles. The van der Waals surface area contributed by atoms with Crippen LogP contribution in [0.1, 0.15) is 60.1 Å². The van der Waals surface area contributed by atoms with Crippen LogP contribution in [-0.2, 0) is 0 Å². The maximum absolute atomic E-state index is 12.5. The van der Waals surface area contributed by atoms with Crippen LogP contribution in [0, 0.1) is 13.8 Å². The van der Waals surface area contributed by atoms with E-state index in [0.29, 0.717) is 17.7 Å². The molecule has 132 valence electrons. The van der Waals surface area contributed by atoms with Crippen LogP contribution in [0.15, 0.2) is 30.5 Å². The Hall–Kier alpha value is -2.43. The van der Waals surface area contributed by atoms with Crippen LogP contribution in [0.25, 0.3) is 0 Å². The quantitative estimate of drug-likeness (QED) is 0.807. The Morgan fingerprint density at radius 1 is 1.08 bits per heavy atom. The van der Waals surface area contributed by atoms with Crippen LogP contribution in [0.4, 0.5) is 11.6 Å². The van der Waals surface area contributed by atoms with Crippen molar-refractivity contribution in [3.05, 3.63) is 47.3 Å². The zero-order valence-corrected chi connectivity index (χ0v) is 15.0. The van der Waals surface area contributed by atoms with E-state index in [0.717, 1.165) is 24.1 Å². The molecule has 1 amide bonds. The molecule has 0 radical (unpaired) electrons. The van der Waals surface area contributed by atoms with Gasteiger partial charge in [-0.1, -0.05) is 43.4 Å². The highest BCUT2D eigenvalue weighted by atomic mass is 16.1. The number of rotatable bonds is 4. The molecular weight excluding hydrogens is 312 g/mol. The van der Waals surface area contributed by atoms with E-state index in [4.69, 9.17) is 0 Å². The molecule has 0 aliphatic heterocycles. The number of nitrogens with zero attached hydrogens (tertiary/aromatic N) is 2. The van der Waals surface area contributed by atoms with Crippen molar-refractivity contribution in [3.63, 3.8) is 0 Å². The van der Waals surface area contributed by atoms with Crippen LogP contribution < -0.4 is 10.6 Å². The molecule has 2 N–H and O–H groups in total. The lowest BCUT2D eigenvalue weighted by Crippen LogP contribution is -2.21. The van der Waals surface area contributed by atoms with Crippen LogP contribution in [-0.4, -0.2) is 21.9 Å². The van der Waals surface area contributed by atoms with Crippen molar-refractivity contribution in [2.45, 2.75) is 58.4 Å². The number of hydrogen-bond donors (Lipinski definition) is 2.